The number of amides is 1. The van der Waals surface area contributed by atoms with E-state index in [0.717, 1.165) is 6.08 Å². The maximum atomic E-state index is 12.3. The predicted octanol–water partition coefficient (Wildman–Crippen LogP) is 3.85. The number of hydrogen-bond acceptors (Lipinski definition) is 4. The number of nitro groups is 1. The van der Waals surface area contributed by atoms with Gasteiger partial charge in [-0.3, -0.25) is 14.9 Å². The van der Waals surface area contributed by atoms with Crippen molar-refractivity contribution in [3.05, 3.63) is 70.3 Å². The monoisotopic (exact) mass is 334 g/mol. The first-order valence-corrected chi connectivity index (χ1v) is 6.73. The number of para-hydroxylation sites is 3. The van der Waals surface area contributed by atoms with Crippen LogP contribution >= 0.6 is 0 Å². The van der Waals surface area contributed by atoms with Crippen LogP contribution in [0.25, 0.3) is 6.08 Å². The highest BCUT2D eigenvalue weighted by Crippen LogP contribution is 2.25. The second kappa shape index (κ2) is 7.82. The van der Waals surface area contributed by atoms with Crippen LogP contribution in [0.5, 0.6) is 5.75 Å². The third kappa shape index (κ3) is 4.60. The molecule has 0 saturated carbocycles. The van der Waals surface area contributed by atoms with Gasteiger partial charge in [0.1, 0.15) is 5.75 Å². The standard InChI is InChI=1S/C16H12F2N2O4/c17-16(18)24-14-8-4-2-6-12(14)19-15(21)10-9-11-5-1-3-7-13(11)20(22)23/h1-10,16H,(H,19,21)/b10-9+. The van der Waals surface area contributed by atoms with Gasteiger partial charge in [-0.1, -0.05) is 24.3 Å². The summed E-state index contributed by atoms with van der Waals surface area (Å²) in [5.74, 6) is -0.821. The quantitative estimate of drug-likeness (QED) is 0.494. The van der Waals surface area contributed by atoms with Gasteiger partial charge in [0, 0.05) is 12.1 Å². The number of nitrogens with zero attached hydrogens (tertiary/aromatic N) is 1. The van der Waals surface area contributed by atoms with Crippen molar-refractivity contribution < 1.29 is 23.2 Å². The molecule has 0 atom stereocenters. The highest BCUT2D eigenvalue weighted by molar-refractivity contribution is 6.03. The summed E-state index contributed by atoms with van der Waals surface area (Å²) in [6.45, 7) is -3.02. The van der Waals surface area contributed by atoms with E-state index in [0.29, 0.717) is 0 Å². The van der Waals surface area contributed by atoms with Crippen molar-refractivity contribution in [3.8, 4) is 5.75 Å². The van der Waals surface area contributed by atoms with Crippen molar-refractivity contribution in [3.63, 3.8) is 0 Å². The van der Waals surface area contributed by atoms with Gasteiger partial charge in [0.05, 0.1) is 16.2 Å². The molecule has 0 spiro atoms. The molecule has 0 aromatic heterocycles. The Morgan fingerprint density at radius 2 is 1.83 bits per heavy atom. The number of benzene rings is 2. The van der Waals surface area contributed by atoms with Crippen LogP contribution in [0.1, 0.15) is 5.56 Å². The summed E-state index contributed by atoms with van der Waals surface area (Å²) in [6, 6.07) is 11.6. The molecule has 0 fully saturated rings. The lowest BCUT2D eigenvalue weighted by Gasteiger charge is -2.10. The van der Waals surface area contributed by atoms with Gasteiger partial charge in [0.25, 0.3) is 5.69 Å². The minimum atomic E-state index is -3.02. The molecule has 0 aliphatic carbocycles. The molecule has 6 nitrogen and oxygen atoms in total. The van der Waals surface area contributed by atoms with Crippen molar-refractivity contribution in [1.82, 2.24) is 0 Å². The van der Waals surface area contributed by atoms with Crippen LogP contribution in [0.4, 0.5) is 20.2 Å². The zero-order chi connectivity index (χ0) is 17.5. The van der Waals surface area contributed by atoms with E-state index in [1.54, 1.807) is 12.1 Å². The number of anilines is 1. The van der Waals surface area contributed by atoms with Gasteiger partial charge in [-0.2, -0.15) is 8.78 Å². The Kier molecular flexibility index (Phi) is 5.56. The van der Waals surface area contributed by atoms with Gasteiger partial charge in [0.2, 0.25) is 5.91 Å². The molecule has 2 aromatic rings. The van der Waals surface area contributed by atoms with E-state index < -0.39 is 17.4 Å². The highest BCUT2D eigenvalue weighted by Gasteiger charge is 2.12. The number of nitro benzene ring substituents is 1. The number of nitrogens with one attached hydrogen (secondary N) is 1. The zero-order valence-corrected chi connectivity index (χ0v) is 12.2. The Morgan fingerprint density at radius 1 is 1.17 bits per heavy atom. The maximum absolute atomic E-state index is 12.3. The molecule has 0 heterocycles. The third-order valence-corrected chi connectivity index (χ3v) is 2.91. The molecule has 0 aliphatic heterocycles. The Balaban J connectivity index is 2.13. The van der Waals surface area contributed by atoms with E-state index >= 15 is 0 Å². The number of carbonyl (C=O) groups is 1. The summed E-state index contributed by atoms with van der Waals surface area (Å²) < 4.78 is 28.9. The maximum Gasteiger partial charge on any atom is 0.387 e. The largest absolute Gasteiger partial charge is 0.433 e. The summed E-state index contributed by atoms with van der Waals surface area (Å²) in [4.78, 5) is 22.2. The molecular formula is C16H12F2N2O4. The average molecular weight is 334 g/mol. The van der Waals surface area contributed by atoms with E-state index in [4.69, 9.17) is 0 Å². The summed E-state index contributed by atoms with van der Waals surface area (Å²) in [5, 5.41) is 13.3. The molecule has 0 saturated heterocycles. The lowest BCUT2D eigenvalue weighted by Crippen LogP contribution is -2.11. The molecule has 2 aromatic carbocycles. The van der Waals surface area contributed by atoms with Crippen LogP contribution < -0.4 is 10.1 Å². The Hall–Kier alpha value is -3.29. The lowest BCUT2D eigenvalue weighted by atomic mass is 10.1. The summed E-state index contributed by atoms with van der Waals surface area (Å²) >= 11 is 0. The molecule has 24 heavy (non-hydrogen) atoms. The summed E-state index contributed by atoms with van der Waals surface area (Å²) in [5.41, 5.74) is 0.160. The van der Waals surface area contributed by atoms with E-state index in [2.05, 4.69) is 10.1 Å². The number of alkyl halides is 2. The summed E-state index contributed by atoms with van der Waals surface area (Å²) in [6.07, 6.45) is 2.34. The second-order valence-corrected chi connectivity index (χ2v) is 4.51. The first-order chi connectivity index (χ1) is 11.5. The number of rotatable bonds is 6. The van der Waals surface area contributed by atoms with E-state index in [-0.39, 0.29) is 22.7 Å². The van der Waals surface area contributed by atoms with Crippen LogP contribution in [0.2, 0.25) is 0 Å². The molecule has 0 aliphatic rings. The third-order valence-electron chi connectivity index (χ3n) is 2.91. The van der Waals surface area contributed by atoms with Crippen molar-refractivity contribution in [2.75, 3.05) is 5.32 Å². The van der Waals surface area contributed by atoms with Gasteiger partial charge in [-0.05, 0) is 24.3 Å². The fraction of sp³-hybridized carbons (Fsp3) is 0.0625. The molecule has 0 bridgehead atoms. The topological polar surface area (TPSA) is 81.5 Å². The van der Waals surface area contributed by atoms with Crippen LogP contribution in [0.15, 0.2) is 54.6 Å². The van der Waals surface area contributed by atoms with Crippen LogP contribution in [0, 0.1) is 10.1 Å². The van der Waals surface area contributed by atoms with Crippen molar-refractivity contribution in [2.45, 2.75) is 6.61 Å². The van der Waals surface area contributed by atoms with Gasteiger partial charge >= 0.3 is 6.61 Å². The van der Waals surface area contributed by atoms with Gasteiger partial charge in [-0.25, -0.2) is 0 Å². The van der Waals surface area contributed by atoms with E-state index in [1.165, 1.54) is 42.5 Å². The minimum absolute atomic E-state index is 0.0648. The second-order valence-electron chi connectivity index (χ2n) is 4.51. The Labute approximate surface area is 135 Å². The number of ether oxygens (including phenoxy) is 1. The average Bonchev–Trinajstić information content (AvgIpc) is 2.54. The molecule has 124 valence electrons. The van der Waals surface area contributed by atoms with Gasteiger partial charge < -0.3 is 10.1 Å². The van der Waals surface area contributed by atoms with Crippen LogP contribution in [0.3, 0.4) is 0 Å². The van der Waals surface area contributed by atoms with Crippen LogP contribution in [-0.4, -0.2) is 17.4 Å². The van der Waals surface area contributed by atoms with Crippen molar-refractivity contribution in [2.24, 2.45) is 0 Å². The number of carbonyl (C=O) groups excluding carboxylic acids is 1. The van der Waals surface area contributed by atoms with E-state index in [9.17, 15) is 23.7 Å². The molecule has 1 amide bonds. The van der Waals surface area contributed by atoms with E-state index in [1.807, 2.05) is 0 Å². The molecule has 1 N–H and O–H groups in total. The van der Waals surface area contributed by atoms with Gasteiger partial charge in [-0.15, -0.1) is 0 Å². The Morgan fingerprint density at radius 3 is 2.54 bits per heavy atom. The minimum Gasteiger partial charge on any atom is -0.433 e. The fourth-order valence-electron chi connectivity index (χ4n) is 1.90. The highest BCUT2D eigenvalue weighted by atomic mass is 19.3. The van der Waals surface area contributed by atoms with Crippen LogP contribution in [-0.2, 0) is 4.79 Å². The lowest BCUT2D eigenvalue weighted by molar-refractivity contribution is -0.385. The molecule has 0 radical (unpaired) electrons. The number of halogens is 2. The molecular weight excluding hydrogens is 322 g/mol. The fourth-order valence-corrected chi connectivity index (χ4v) is 1.90. The molecule has 2 rings (SSSR count). The number of hydrogen-bond donors (Lipinski definition) is 1. The normalized spacial score (nSPS) is 10.8. The predicted molar refractivity (Wildman–Crippen MR) is 83.8 cm³/mol. The Bertz CT molecular complexity index is 778. The smallest absolute Gasteiger partial charge is 0.387 e. The van der Waals surface area contributed by atoms with Crippen molar-refractivity contribution >= 4 is 23.4 Å². The molecule has 0 unspecified atom stereocenters. The molecule has 8 heteroatoms. The SMILES string of the molecule is O=C(/C=C/c1ccccc1[N+](=O)[O-])Nc1ccccc1OC(F)F. The van der Waals surface area contributed by atoms with Crippen molar-refractivity contribution in [1.29, 1.82) is 0 Å². The first kappa shape index (κ1) is 17.1. The summed E-state index contributed by atoms with van der Waals surface area (Å²) in [7, 11) is 0. The van der Waals surface area contributed by atoms with Gasteiger partial charge in [0.15, 0.2) is 0 Å². The zero-order valence-electron chi connectivity index (χ0n) is 12.2. The first-order valence-electron chi connectivity index (χ1n) is 6.73.